The first kappa shape index (κ1) is 15.6. The van der Waals surface area contributed by atoms with Crippen molar-refractivity contribution >= 4 is 11.5 Å². The minimum atomic E-state index is -4.55. The van der Waals surface area contributed by atoms with Gasteiger partial charge in [-0.15, -0.1) is 0 Å². The molecule has 1 aliphatic rings. The van der Waals surface area contributed by atoms with Crippen LogP contribution in [0, 0.1) is 5.41 Å². The van der Waals surface area contributed by atoms with Crippen molar-refractivity contribution in [2.24, 2.45) is 5.73 Å². The Balaban J connectivity index is 2.39. The van der Waals surface area contributed by atoms with E-state index in [0.717, 1.165) is 12.5 Å². The summed E-state index contributed by atoms with van der Waals surface area (Å²) in [5, 5.41) is 17.4. The number of amidine groups is 1. The number of nitrogen functional groups attached to an aromatic ring is 1. The third kappa shape index (κ3) is 3.47. The van der Waals surface area contributed by atoms with Crippen molar-refractivity contribution in [1.82, 2.24) is 0 Å². The second-order valence-corrected chi connectivity index (χ2v) is 5.66. The molecular weight excluding hydrogens is 283 g/mol. The largest absolute Gasteiger partial charge is 0.417 e. The zero-order valence-electron chi connectivity index (χ0n) is 11.7. The first-order chi connectivity index (χ1) is 9.60. The van der Waals surface area contributed by atoms with Crippen LogP contribution in [0.4, 0.5) is 18.9 Å². The number of nitrogens with two attached hydrogens (primary N) is 1. The molecule has 0 spiro atoms. The average molecular weight is 301 g/mol. The number of piperidine rings is 1. The molecule has 0 amide bonds. The molecule has 0 radical (unpaired) electrons. The van der Waals surface area contributed by atoms with Crippen LogP contribution in [0.3, 0.4) is 0 Å². The van der Waals surface area contributed by atoms with Crippen LogP contribution < -0.4 is 10.6 Å². The van der Waals surface area contributed by atoms with Crippen LogP contribution in [0.25, 0.3) is 0 Å². The lowest BCUT2D eigenvalue weighted by molar-refractivity contribution is -0.137. The van der Waals surface area contributed by atoms with Gasteiger partial charge in [0.25, 0.3) is 0 Å². The molecule has 0 aromatic heterocycles. The van der Waals surface area contributed by atoms with E-state index < -0.39 is 23.2 Å². The fraction of sp³-hybridized carbons (Fsp3) is 0.500. The van der Waals surface area contributed by atoms with Gasteiger partial charge in [-0.25, -0.2) is 0 Å². The maximum absolute atomic E-state index is 12.9. The molecule has 1 heterocycles. The van der Waals surface area contributed by atoms with Crippen molar-refractivity contribution in [3.05, 3.63) is 29.3 Å². The third-order valence-corrected chi connectivity index (χ3v) is 3.64. The van der Waals surface area contributed by atoms with Gasteiger partial charge < -0.3 is 15.7 Å². The molecule has 0 saturated carbocycles. The molecule has 0 bridgehead atoms. The highest BCUT2D eigenvalue weighted by Crippen LogP contribution is 2.35. The van der Waals surface area contributed by atoms with Gasteiger partial charge in [0.05, 0.1) is 11.2 Å². The Kier molecular flexibility index (Phi) is 3.88. The highest BCUT2D eigenvalue weighted by atomic mass is 19.4. The Morgan fingerprint density at radius 1 is 1.43 bits per heavy atom. The van der Waals surface area contributed by atoms with Crippen LogP contribution >= 0.6 is 0 Å². The fourth-order valence-corrected chi connectivity index (χ4v) is 2.64. The molecule has 116 valence electrons. The summed E-state index contributed by atoms with van der Waals surface area (Å²) in [5.74, 6) is -0.618. The Labute approximate surface area is 120 Å². The van der Waals surface area contributed by atoms with Gasteiger partial charge >= 0.3 is 6.18 Å². The van der Waals surface area contributed by atoms with E-state index in [1.807, 2.05) is 4.90 Å². The van der Waals surface area contributed by atoms with Gasteiger partial charge in [-0.3, -0.25) is 5.41 Å². The van der Waals surface area contributed by atoms with Gasteiger partial charge in [0.1, 0.15) is 5.84 Å². The van der Waals surface area contributed by atoms with Crippen molar-refractivity contribution in [3.8, 4) is 0 Å². The summed E-state index contributed by atoms with van der Waals surface area (Å²) < 4.78 is 38.7. The van der Waals surface area contributed by atoms with E-state index in [1.54, 1.807) is 6.92 Å². The molecule has 1 aliphatic heterocycles. The number of β-amino-alcohol motifs (C(OH)–C–C–N with tert-alkyl or cyclic N) is 1. The molecule has 7 heteroatoms. The maximum atomic E-state index is 12.9. The smallest absolute Gasteiger partial charge is 0.388 e. The van der Waals surface area contributed by atoms with Crippen LogP contribution in [0.5, 0.6) is 0 Å². The molecule has 1 aromatic carbocycles. The SMILES string of the molecule is CC1(O)CCCN(c2ccc(C(F)(F)F)c(C(=N)N)c2)C1. The van der Waals surface area contributed by atoms with Crippen LogP contribution in [-0.2, 0) is 6.18 Å². The Morgan fingerprint density at radius 3 is 2.62 bits per heavy atom. The van der Waals surface area contributed by atoms with Gasteiger partial charge in [0, 0.05) is 24.3 Å². The molecule has 2 rings (SSSR count). The summed E-state index contributed by atoms with van der Waals surface area (Å²) in [7, 11) is 0. The van der Waals surface area contributed by atoms with E-state index >= 15 is 0 Å². The number of aliphatic hydroxyl groups is 1. The molecular formula is C14H18F3N3O. The van der Waals surface area contributed by atoms with Crippen molar-refractivity contribution in [2.45, 2.75) is 31.5 Å². The monoisotopic (exact) mass is 301 g/mol. The number of hydrogen-bond donors (Lipinski definition) is 3. The molecule has 1 atom stereocenters. The molecule has 4 nitrogen and oxygen atoms in total. The quantitative estimate of drug-likeness (QED) is 0.580. The van der Waals surface area contributed by atoms with E-state index in [4.69, 9.17) is 11.1 Å². The number of benzene rings is 1. The second kappa shape index (κ2) is 5.22. The normalized spacial score (nSPS) is 23.2. The maximum Gasteiger partial charge on any atom is 0.417 e. The van der Waals surface area contributed by atoms with Crippen molar-refractivity contribution < 1.29 is 18.3 Å². The lowest BCUT2D eigenvalue weighted by Crippen LogP contribution is -2.46. The highest BCUT2D eigenvalue weighted by Gasteiger charge is 2.35. The molecule has 1 saturated heterocycles. The molecule has 1 unspecified atom stereocenters. The number of anilines is 1. The summed E-state index contributed by atoms with van der Waals surface area (Å²) in [6.45, 7) is 2.70. The molecule has 4 N–H and O–H groups in total. The van der Waals surface area contributed by atoms with Gasteiger partial charge in [-0.2, -0.15) is 13.2 Å². The van der Waals surface area contributed by atoms with E-state index in [0.29, 0.717) is 25.2 Å². The van der Waals surface area contributed by atoms with E-state index in [-0.39, 0.29) is 5.56 Å². The Hall–Kier alpha value is -1.76. The van der Waals surface area contributed by atoms with Crippen molar-refractivity contribution in [1.29, 1.82) is 5.41 Å². The highest BCUT2D eigenvalue weighted by molar-refractivity contribution is 5.97. The summed E-state index contributed by atoms with van der Waals surface area (Å²) in [6, 6.07) is 3.57. The van der Waals surface area contributed by atoms with Crippen molar-refractivity contribution in [3.63, 3.8) is 0 Å². The zero-order valence-corrected chi connectivity index (χ0v) is 11.7. The Morgan fingerprint density at radius 2 is 2.10 bits per heavy atom. The molecule has 21 heavy (non-hydrogen) atoms. The molecule has 1 aromatic rings. The van der Waals surface area contributed by atoms with Crippen LogP contribution in [0.1, 0.15) is 30.9 Å². The predicted octanol–water partition coefficient (Wildman–Crippen LogP) is 2.34. The average Bonchev–Trinajstić information content (AvgIpc) is 2.35. The topological polar surface area (TPSA) is 73.3 Å². The molecule has 1 fully saturated rings. The minimum absolute atomic E-state index is 0.329. The molecule has 0 aliphatic carbocycles. The number of halogens is 3. The number of alkyl halides is 3. The van der Waals surface area contributed by atoms with E-state index in [2.05, 4.69) is 0 Å². The van der Waals surface area contributed by atoms with Crippen LogP contribution in [-0.4, -0.2) is 29.6 Å². The van der Waals surface area contributed by atoms with Gasteiger partial charge in [-0.1, -0.05) is 0 Å². The van der Waals surface area contributed by atoms with E-state index in [9.17, 15) is 18.3 Å². The summed E-state index contributed by atoms with van der Waals surface area (Å²) in [5.41, 5.74) is 3.71. The number of nitrogens with one attached hydrogen (secondary N) is 1. The number of nitrogens with zero attached hydrogens (tertiary/aromatic N) is 1. The number of rotatable bonds is 2. The van der Waals surface area contributed by atoms with Gasteiger partial charge in [0.15, 0.2) is 0 Å². The van der Waals surface area contributed by atoms with Gasteiger partial charge in [-0.05, 0) is 38.0 Å². The lowest BCUT2D eigenvalue weighted by atomic mass is 9.94. The minimum Gasteiger partial charge on any atom is -0.388 e. The first-order valence-corrected chi connectivity index (χ1v) is 6.63. The van der Waals surface area contributed by atoms with Crippen LogP contribution in [0.15, 0.2) is 18.2 Å². The first-order valence-electron chi connectivity index (χ1n) is 6.63. The lowest BCUT2D eigenvalue weighted by Gasteiger charge is -2.38. The zero-order chi connectivity index (χ0) is 15.8. The predicted molar refractivity (Wildman–Crippen MR) is 74.5 cm³/mol. The van der Waals surface area contributed by atoms with E-state index in [1.165, 1.54) is 12.1 Å². The third-order valence-electron chi connectivity index (χ3n) is 3.64. The summed E-state index contributed by atoms with van der Waals surface area (Å²) >= 11 is 0. The fourth-order valence-electron chi connectivity index (χ4n) is 2.64. The van der Waals surface area contributed by atoms with Crippen molar-refractivity contribution in [2.75, 3.05) is 18.0 Å². The van der Waals surface area contributed by atoms with Gasteiger partial charge in [0.2, 0.25) is 0 Å². The van der Waals surface area contributed by atoms with Crippen LogP contribution in [0.2, 0.25) is 0 Å². The Bertz CT molecular complexity index is 555. The number of hydrogen-bond acceptors (Lipinski definition) is 3. The standard InChI is InChI=1S/C14H18F3N3O/c1-13(21)5-2-6-20(8-13)9-3-4-11(14(15,16)17)10(7-9)12(18)19/h3-4,7,21H,2,5-6,8H2,1H3,(H3,18,19). The summed E-state index contributed by atoms with van der Waals surface area (Å²) in [4.78, 5) is 1.82. The summed E-state index contributed by atoms with van der Waals surface area (Å²) in [6.07, 6.45) is -3.14. The second-order valence-electron chi connectivity index (χ2n) is 5.66.